The van der Waals surface area contributed by atoms with E-state index in [-0.39, 0.29) is 16.2 Å². The fourth-order valence-corrected chi connectivity index (χ4v) is 2.92. The van der Waals surface area contributed by atoms with Gasteiger partial charge in [0.1, 0.15) is 23.2 Å². The molecule has 2 rings (SSSR count). The van der Waals surface area contributed by atoms with Gasteiger partial charge in [-0.2, -0.15) is 5.26 Å². The number of primary amides is 1. The number of nitrogens with zero attached hydrogens (tertiary/aromatic N) is 1. The van der Waals surface area contributed by atoms with Crippen molar-refractivity contribution >= 4 is 27.9 Å². The van der Waals surface area contributed by atoms with Gasteiger partial charge in [0, 0.05) is 18.6 Å². The third kappa shape index (κ3) is 4.33. The van der Waals surface area contributed by atoms with Crippen LogP contribution in [0.4, 0.5) is 0 Å². The van der Waals surface area contributed by atoms with E-state index in [9.17, 15) is 18.0 Å². The van der Waals surface area contributed by atoms with Crippen LogP contribution in [-0.4, -0.2) is 20.2 Å². The maximum atomic E-state index is 11.9. The highest BCUT2D eigenvalue weighted by Gasteiger charge is 2.15. The second-order valence-corrected chi connectivity index (χ2v) is 6.60. The number of hydrogen-bond acceptors (Lipinski definition) is 6. The third-order valence-corrected chi connectivity index (χ3v) is 4.48. The fraction of sp³-hybridized carbons (Fsp3) is 0.0625. The highest BCUT2D eigenvalue weighted by molar-refractivity contribution is 7.90. The molecule has 2 aromatic rings. The van der Waals surface area contributed by atoms with E-state index in [2.05, 4.69) is 0 Å². The molecule has 0 bridgehead atoms. The van der Waals surface area contributed by atoms with E-state index in [0.29, 0.717) is 11.3 Å². The lowest BCUT2D eigenvalue weighted by Crippen LogP contribution is -2.28. The first-order valence-corrected chi connectivity index (χ1v) is 8.36. The van der Waals surface area contributed by atoms with Crippen LogP contribution >= 0.6 is 0 Å². The molecule has 0 aliphatic heterocycles. The van der Waals surface area contributed by atoms with E-state index in [1.165, 1.54) is 36.4 Å². The van der Waals surface area contributed by atoms with Gasteiger partial charge in [0.05, 0.1) is 4.90 Å². The summed E-state index contributed by atoms with van der Waals surface area (Å²) in [7, 11) is -3.91. The van der Waals surface area contributed by atoms with Crippen molar-refractivity contribution in [1.29, 1.82) is 5.26 Å². The van der Waals surface area contributed by atoms with Crippen molar-refractivity contribution in [1.82, 2.24) is 4.72 Å². The summed E-state index contributed by atoms with van der Waals surface area (Å²) in [5.41, 5.74) is 5.36. The summed E-state index contributed by atoms with van der Waals surface area (Å²) in [5.74, 6) is -0.904. The second-order valence-electron chi connectivity index (χ2n) is 4.92. The largest absolute Gasteiger partial charge is 0.457 e. The molecule has 0 spiro atoms. The molecule has 0 saturated carbocycles. The quantitative estimate of drug-likeness (QED) is 0.605. The predicted octanol–water partition coefficient (Wildman–Crippen LogP) is 1.16. The molecular formula is C16H13N3O5S. The number of rotatable bonds is 5. The van der Waals surface area contributed by atoms with Crippen LogP contribution in [0.15, 0.2) is 51.3 Å². The van der Waals surface area contributed by atoms with E-state index in [4.69, 9.17) is 15.4 Å². The molecular weight excluding hydrogens is 346 g/mol. The zero-order valence-electron chi connectivity index (χ0n) is 13.0. The van der Waals surface area contributed by atoms with Gasteiger partial charge in [0.2, 0.25) is 5.91 Å². The van der Waals surface area contributed by atoms with Crippen molar-refractivity contribution in [3.05, 3.63) is 47.7 Å². The zero-order chi connectivity index (χ0) is 18.6. The Hall–Kier alpha value is -3.38. The Morgan fingerprint density at radius 3 is 2.36 bits per heavy atom. The summed E-state index contributed by atoms with van der Waals surface area (Å²) < 4.78 is 31.1. The maximum absolute atomic E-state index is 11.9. The summed E-state index contributed by atoms with van der Waals surface area (Å²) in [5, 5.41) is 8.80. The Morgan fingerprint density at radius 1 is 1.20 bits per heavy atom. The lowest BCUT2D eigenvalue weighted by Gasteiger charge is -2.05. The molecule has 128 valence electrons. The minimum absolute atomic E-state index is 0.0707. The van der Waals surface area contributed by atoms with Gasteiger partial charge in [0.25, 0.3) is 15.9 Å². The van der Waals surface area contributed by atoms with Crippen LogP contribution in [0.25, 0.3) is 17.4 Å². The van der Waals surface area contributed by atoms with E-state index < -0.39 is 21.8 Å². The number of nitrogens with one attached hydrogen (secondary N) is 1. The van der Waals surface area contributed by atoms with Gasteiger partial charge in [-0.3, -0.25) is 9.59 Å². The van der Waals surface area contributed by atoms with Gasteiger partial charge >= 0.3 is 0 Å². The van der Waals surface area contributed by atoms with Gasteiger partial charge in [-0.25, -0.2) is 13.1 Å². The Balaban J connectivity index is 2.29. The molecule has 1 aromatic carbocycles. The van der Waals surface area contributed by atoms with Crippen molar-refractivity contribution in [3.63, 3.8) is 0 Å². The van der Waals surface area contributed by atoms with Gasteiger partial charge in [-0.05, 0) is 36.4 Å². The number of benzene rings is 1. The van der Waals surface area contributed by atoms with Crippen LogP contribution in [0.5, 0.6) is 0 Å². The Labute approximate surface area is 143 Å². The van der Waals surface area contributed by atoms with Crippen LogP contribution in [0.1, 0.15) is 12.7 Å². The minimum Gasteiger partial charge on any atom is -0.457 e. The number of carbonyl (C=O) groups is 2. The van der Waals surface area contributed by atoms with Crippen LogP contribution in [-0.2, 0) is 19.6 Å². The molecule has 2 amide bonds. The van der Waals surface area contributed by atoms with Crippen molar-refractivity contribution < 1.29 is 22.4 Å². The molecule has 0 saturated heterocycles. The first-order valence-electron chi connectivity index (χ1n) is 6.88. The van der Waals surface area contributed by atoms with Crippen LogP contribution < -0.4 is 10.5 Å². The summed E-state index contributed by atoms with van der Waals surface area (Å²) >= 11 is 0. The minimum atomic E-state index is -3.91. The smallest absolute Gasteiger partial charge is 0.264 e. The number of nitriles is 1. The molecule has 0 aliphatic carbocycles. The average molecular weight is 359 g/mol. The molecule has 1 heterocycles. The van der Waals surface area contributed by atoms with Crippen LogP contribution in [0.2, 0.25) is 0 Å². The molecule has 3 N–H and O–H groups in total. The third-order valence-electron chi connectivity index (χ3n) is 3.03. The highest BCUT2D eigenvalue weighted by atomic mass is 32.2. The molecule has 8 nitrogen and oxygen atoms in total. The molecule has 1 aromatic heterocycles. The lowest BCUT2D eigenvalue weighted by molar-refractivity contribution is -0.117. The first kappa shape index (κ1) is 18.0. The highest BCUT2D eigenvalue weighted by Crippen LogP contribution is 2.24. The first-order chi connectivity index (χ1) is 11.7. The standard InChI is InChI=1S/C16H13N3O5S/c1-10(20)19-25(22,23)14-5-2-11(3-6-14)15-7-4-13(24-15)8-12(9-17)16(18)21/h2-8H,1H3,(H2,18,21)(H,19,20). The van der Waals surface area contributed by atoms with Gasteiger partial charge in [-0.15, -0.1) is 0 Å². The SMILES string of the molecule is CC(=O)NS(=O)(=O)c1ccc(-c2ccc(C=C(C#N)C(N)=O)o2)cc1. The van der Waals surface area contributed by atoms with E-state index in [1.807, 2.05) is 4.72 Å². The Bertz CT molecular complexity index is 995. The number of furan rings is 1. The zero-order valence-corrected chi connectivity index (χ0v) is 13.8. The van der Waals surface area contributed by atoms with Gasteiger partial charge in [-0.1, -0.05) is 0 Å². The summed E-state index contributed by atoms with van der Waals surface area (Å²) in [6.07, 6.45) is 1.21. The summed E-state index contributed by atoms with van der Waals surface area (Å²) in [6.45, 7) is 1.10. The lowest BCUT2D eigenvalue weighted by atomic mass is 10.2. The second kappa shape index (κ2) is 7.02. The van der Waals surface area contributed by atoms with Gasteiger partial charge < -0.3 is 10.2 Å². The fourth-order valence-electron chi connectivity index (χ4n) is 1.93. The topological polar surface area (TPSA) is 143 Å². The van der Waals surface area contributed by atoms with Crippen LogP contribution in [0.3, 0.4) is 0 Å². The molecule has 0 radical (unpaired) electrons. The number of sulfonamides is 1. The number of amides is 2. The average Bonchev–Trinajstić information content (AvgIpc) is 3.00. The van der Waals surface area contributed by atoms with Crippen molar-refractivity contribution in [2.24, 2.45) is 5.73 Å². The predicted molar refractivity (Wildman–Crippen MR) is 87.9 cm³/mol. The molecule has 25 heavy (non-hydrogen) atoms. The van der Waals surface area contributed by atoms with Crippen molar-refractivity contribution in [2.75, 3.05) is 0 Å². The molecule has 9 heteroatoms. The number of carbonyl (C=O) groups excluding carboxylic acids is 2. The molecule has 0 unspecified atom stereocenters. The summed E-state index contributed by atoms with van der Waals surface area (Å²) in [6, 6.07) is 10.4. The normalized spacial score (nSPS) is 11.6. The van der Waals surface area contributed by atoms with Crippen molar-refractivity contribution in [3.8, 4) is 17.4 Å². The Kier molecular flexibility index (Phi) is 5.05. The van der Waals surface area contributed by atoms with E-state index >= 15 is 0 Å². The maximum Gasteiger partial charge on any atom is 0.264 e. The monoisotopic (exact) mass is 359 g/mol. The van der Waals surface area contributed by atoms with E-state index in [0.717, 1.165) is 6.92 Å². The molecule has 0 atom stereocenters. The summed E-state index contributed by atoms with van der Waals surface area (Å²) in [4.78, 5) is 21.9. The Morgan fingerprint density at radius 2 is 1.84 bits per heavy atom. The molecule has 0 fully saturated rings. The number of nitrogens with two attached hydrogens (primary N) is 1. The van der Waals surface area contributed by atoms with E-state index in [1.54, 1.807) is 12.1 Å². The van der Waals surface area contributed by atoms with Crippen LogP contribution in [0, 0.1) is 11.3 Å². The number of hydrogen-bond donors (Lipinski definition) is 2. The van der Waals surface area contributed by atoms with Crippen molar-refractivity contribution in [2.45, 2.75) is 11.8 Å². The molecule has 0 aliphatic rings. The van der Waals surface area contributed by atoms with Gasteiger partial charge in [0.15, 0.2) is 0 Å².